The maximum Gasteiger partial charge on any atom is 0.363 e. The summed E-state index contributed by atoms with van der Waals surface area (Å²) >= 11 is 0. The van der Waals surface area contributed by atoms with Crippen molar-refractivity contribution in [1.29, 1.82) is 0 Å². The van der Waals surface area contributed by atoms with E-state index in [1.54, 1.807) is 0 Å². The molecule has 2 N–H and O–H groups in total. The first-order chi connectivity index (χ1) is 9.77. The number of sulfonamides is 1. The molecular formula is C10H11N3O7S. The highest BCUT2D eigenvalue weighted by atomic mass is 32.2. The summed E-state index contributed by atoms with van der Waals surface area (Å²) < 4.78 is 31.3. The van der Waals surface area contributed by atoms with E-state index in [4.69, 9.17) is 4.74 Å². The lowest BCUT2D eigenvalue weighted by molar-refractivity contribution is -0.389. The van der Waals surface area contributed by atoms with Gasteiger partial charge in [-0.05, 0) is 16.0 Å². The smallest absolute Gasteiger partial charge is 0.363 e. The minimum absolute atomic E-state index is 0.0119. The van der Waals surface area contributed by atoms with Crippen molar-refractivity contribution in [2.45, 2.75) is 16.9 Å². The Hall–Kier alpha value is -2.11. The van der Waals surface area contributed by atoms with Crippen LogP contribution < -0.4 is 4.72 Å². The predicted molar refractivity (Wildman–Crippen MR) is 67.0 cm³/mol. The lowest BCUT2D eigenvalue weighted by atomic mass is 10.0. The van der Waals surface area contributed by atoms with Gasteiger partial charge in [0, 0.05) is 19.1 Å². The number of ether oxygens (including phenoxy) is 1. The lowest BCUT2D eigenvalue weighted by Gasteiger charge is -2.22. The molecule has 1 aromatic rings. The van der Waals surface area contributed by atoms with E-state index in [1.165, 1.54) is 0 Å². The van der Waals surface area contributed by atoms with Crippen molar-refractivity contribution in [3.05, 3.63) is 28.4 Å². The molecule has 114 valence electrons. The van der Waals surface area contributed by atoms with Crippen LogP contribution in [0.2, 0.25) is 0 Å². The van der Waals surface area contributed by atoms with E-state index in [9.17, 15) is 28.4 Å². The van der Waals surface area contributed by atoms with Crippen LogP contribution in [0.25, 0.3) is 0 Å². The largest absolute Gasteiger partial charge is 0.480 e. The Bertz CT molecular complexity index is 664. The molecule has 1 atom stereocenters. The van der Waals surface area contributed by atoms with Crippen molar-refractivity contribution in [2.24, 2.45) is 0 Å². The van der Waals surface area contributed by atoms with Crippen LogP contribution in [0.5, 0.6) is 0 Å². The minimum atomic E-state index is -4.19. The second kappa shape index (κ2) is 5.35. The number of carboxylic acid groups (broad SMARTS) is 1. The normalized spacial score (nSPS) is 22.1. The molecule has 1 saturated heterocycles. The van der Waals surface area contributed by atoms with E-state index >= 15 is 0 Å². The highest BCUT2D eigenvalue weighted by Crippen LogP contribution is 2.22. The first-order valence-corrected chi connectivity index (χ1v) is 7.21. The molecule has 10 nitrogen and oxygen atoms in total. The van der Waals surface area contributed by atoms with Crippen LogP contribution in [0.15, 0.2) is 23.2 Å². The van der Waals surface area contributed by atoms with E-state index in [0.29, 0.717) is 0 Å². The summed E-state index contributed by atoms with van der Waals surface area (Å²) in [6.07, 6.45) is 0.786. The van der Waals surface area contributed by atoms with Crippen molar-refractivity contribution in [3.63, 3.8) is 0 Å². The first-order valence-electron chi connectivity index (χ1n) is 5.72. The molecule has 0 bridgehead atoms. The summed E-state index contributed by atoms with van der Waals surface area (Å²) in [4.78, 5) is 24.0. The van der Waals surface area contributed by atoms with Crippen molar-refractivity contribution < 1.29 is 28.0 Å². The molecule has 11 heteroatoms. The fourth-order valence-electron chi connectivity index (χ4n) is 1.81. The summed E-state index contributed by atoms with van der Waals surface area (Å²) in [6, 6.07) is 1.91. The summed E-state index contributed by atoms with van der Waals surface area (Å²) in [5.74, 6) is -1.86. The maximum absolute atomic E-state index is 12.1. The van der Waals surface area contributed by atoms with Gasteiger partial charge in [0.25, 0.3) is 0 Å². The average molecular weight is 317 g/mol. The van der Waals surface area contributed by atoms with Crippen molar-refractivity contribution in [3.8, 4) is 0 Å². The van der Waals surface area contributed by atoms with Gasteiger partial charge in [0.15, 0.2) is 11.7 Å². The molecule has 1 fully saturated rings. The molecule has 0 radical (unpaired) electrons. The predicted octanol–water partition coefficient (Wildman–Crippen LogP) is -0.488. The van der Waals surface area contributed by atoms with Crippen LogP contribution in [0.4, 0.5) is 5.82 Å². The van der Waals surface area contributed by atoms with Gasteiger partial charge in [-0.15, -0.1) is 0 Å². The second-order valence-corrected chi connectivity index (χ2v) is 6.09. The Balaban J connectivity index is 2.29. The molecule has 2 rings (SSSR count). The zero-order valence-electron chi connectivity index (χ0n) is 10.6. The van der Waals surface area contributed by atoms with Crippen molar-refractivity contribution in [2.75, 3.05) is 13.2 Å². The summed E-state index contributed by atoms with van der Waals surface area (Å²) in [7, 11) is -4.19. The van der Waals surface area contributed by atoms with Crippen LogP contribution in [0, 0.1) is 10.1 Å². The number of pyridine rings is 1. The third-order valence-corrected chi connectivity index (χ3v) is 4.50. The molecule has 0 spiro atoms. The fraction of sp³-hybridized carbons (Fsp3) is 0.400. The van der Waals surface area contributed by atoms with Crippen LogP contribution in [0.1, 0.15) is 6.42 Å². The van der Waals surface area contributed by atoms with Crippen molar-refractivity contribution >= 4 is 21.8 Å². The number of hydrogen-bond donors (Lipinski definition) is 2. The van der Waals surface area contributed by atoms with Gasteiger partial charge in [0.2, 0.25) is 10.0 Å². The molecule has 2 heterocycles. The SMILES string of the molecule is O=C(O)C1(NS(=O)(=O)c2ccc([N+](=O)[O-])nc2)CCOC1. The standard InChI is InChI=1S/C10H11N3O7S/c14-9(15)10(3-4-20-6-10)12-21(18,19)7-1-2-8(11-5-7)13(16)17/h1-2,5,12H,3-4,6H2,(H,14,15). The number of nitrogens with one attached hydrogen (secondary N) is 1. The molecule has 0 amide bonds. The van der Waals surface area contributed by atoms with E-state index in [0.717, 1.165) is 18.3 Å². The number of hydrogen-bond acceptors (Lipinski definition) is 7. The molecule has 0 aliphatic carbocycles. The summed E-state index contributed by atoms with van der Waals surface area (Å²) in [6.45, 7) is -0.171. The third kappa shape index (κ3) is 2.99. The van der Waals surface area contributed by atoms with E-state index in [1.807, 2.05) is 0 Å². The van der Waals surface area contributed by atoms with Gasteiger partial charge in [0.05, 0.1) is 6.61 Å². The van der Waals surface area contributed by atoms with Gasteiger partial charge in [-0.2, -0.15) is 4.72 Å². The Morgan fingerprint density at radius 2 is 2.24 bits per heavy atom. The Kier molecular flexibility index (Phi) is 3.89. The van der Waals surface area contributed by atoms with Gasteiger partial charge in [-0.1, -0.05) is 0 Å². The fourth-order valence-corrected chi connectivity index (χ4v) is 3.13. The number of carboxylic acids is 1. The molecule has 21 heavy (non-hydrogen) atoms. The van der Waals surface area contributed by atoms with Gasteiger partial charge >= 0.3 is 11.8 Å². The Morgan fingerprint density at radius 1 is 1.52 bits per heavy atom. The third-order valence-electron chi connectivity index (χ3n) is 2.98. The van der Waals surface area contributed by atoms with Crippen LogP contribution in [-0.4, -0.2) is 48.2 Å². The lowest BCUT2D eigenvalue weighted by Crippen LogP contribution is -2.54. The maximum atomic E-state index is 12.1. The molecule has 0 saturated carbocycles. The Morgan fingerprint density at radius 3 is 2.67 bits per heavy atom. The van der Waals surface area contributed by atoms with E-state index in [-0.39, 0.29) is 24.5 Å². The number of nitrogens with zero attached hydrogens (tertiary/aromatic N) is 2. The number of aliphatic carboxylic acids is 1. The van der Waals surface area contributed by atoms with E-state index < -0.39 is 32.3 Å². The monoisotopic (exact) mass is 317 g/mol. The number of nitro groups is 1. The van der Waals surface area contributed by atoms with Crippen molar-refractivity contribution in [1.82, 2.24) is 9.71 Å². The zero-order chi connectivity index (χ0) is 15.7. The quantitative estimate of drug-likeness (QED) is 0.546. The van der Waals surface area contributed by atoms with Gasteiger partial charge in [0.1, 0.15) is 4.90 Å². The first kappa shape index (κ1) is 15.3. The number of rotatable bonds is 5. The second-order valence-electron chi connectivity index (χ2n) is 4.40. The van der Waals surface area contributed by atoms with Gasteiger partial charge in [-0.3, -0.25) is 4.79 Å². The summed E-state index contributed by atoms with van der Waals surface area (Å²) in [5.41, 5.74) is -1.74. The van der Waals surface area contributed by atoms with Gasteiger partial charge < -0.3 is 20.0 Å². The molecule has 1 aromatic heterocycles. The molecular weight excluding hydrogens is 306 g/mol. The number of aromatic nitrogens is 1. The molecule has 1 aliphatic heterocycles. The zero-order valence-corrected chi connectivity index (χ0v) is 11.4. The topological polar surface area (TPSA) is 149 Å². The minimum Gasteiger partial charge on any atom is -0.480 e. The van der Waals surface area contributed by atoms with Crippen LogP contribution in [0.3, 0.4) is 0 Å². The molecule has 0 aromatic carbocycles. The van der Waals surface area contributed by atoms with Gasteiger partial charge in [-0.25, -0.2) is 8.42 Å². The Labute approximate surface area is 119 Å². The van der Waals surface area contributed by atoms with E-state index in [2.05, 4.69) is 9.71 Å². The summed E-state index contributed by atoms with van der Waals surface area (Å²) in [5, 5.41) is 19.6. The van der Waals surface area contributed by atoms with Crippen LogP contribution in [-0.2, 0) is 19.6 Å². The highest BCUT2D eigenvalue weighted by molar-refractivity contribution is 7.89. The number of carbonyl (C=O) groups is 1. The average Bonchev–Trinajstić information content (AvgIpc) is 2.88. The molecule has 1 aliphatic rings. The highest BCUT2D eigenvalue weighted by Gasteiger charge is 2.46. The molecule has 1 unspecified atom stereocenters. The van der Waals surface area contributed by atoms with Crippen LogP contribution >= 0.6 is 0 Å².